The number of hydrogen-bond acceptors (Lipinski definition) is 6. The molecule has 0 spiro atoms. The Hall–Kier alpha value is -2.89. The Morgan fingerprint density at radius 1 is 0.809 bits per heavy atom. The third kappa shape index (κ3) is 7.13. The fraction of sp³-hybridized carbons (Fsp3) is 0.683. The average molecular weight is 645 g/mol. The average Bonchev–Trinajstić information content (AvgIpc) is 3.42. The molecule has 0 aliphatic heterocycles. The Morgan fingerprint density at radius 2 is 1.45 bits per heavy atom. The van der Waals surface area contributed by atoms with Crippen molar-refractivity contribution >= 4 is 17.3 Å². The number of esters is 1. The van der Waals surface area contributed by atoms with Crippen LogP contribution in [0.15, 0.2) is 48.5 Å². The van der Waals surface area contributed by atoms with Crippen LogP contribution in [0.2, 0.25) is 0 Å². The van der Waals surface area contributed by atoms with E-state index < -0.39 is 0 Å². The number of carbonyl (C=O) groups excluding carboxylic acids is 1. The predicted octanol–water partition coefficient (Wildman–Crippen LogP) is 9.46. The molecule has 2 aromatic carbocycles. The Kier molecular flexibility index (Phi) is 10.3. The minimum absolute atomic E-state index is 0.0127. The van der Waals surface area contributed by atoms with Gasteiger partial charge < -0.3 is 25.7 Å². The maximum atomic E-state index is 12.5. The van der Waals surface area contributed by atoms with E-state index in [1.165, 1.54) is 32.1 Å². The molecular formula is C41H60N2O4. The van der Waals surface area contributed by atoms with Crippen molar-refractivity contribution in [2.45, 2.75) is 123 Å². The number of rotatable bonds is 12. The van der Waals surface area contributed by atoms with Crippen molar-refractivity contribution in [1.82, 2.24) is 0 Å². The van der Waals surface area contributed by atoms with Crippen molar-refractivity contribution in [2.24, 2.45) is 46.3 Å². The van der Waals surface area contributed by atoms with E-state index in [0.29, 0.717) is 54.0 Å². The van der Waals surface area contributed by atoms with E-state index in [-0.39, 0.29) is 23.6 Å². The van der Waals surface area contributed by atoms with Gasteiger partial charge in [-0.05, 0) is 153 Å². The van der Waals surface area contributed by atoms with E-state index in [9.17, 15) is 4.79 Å². The zero-order chi connectivity index (χ0) is 33.2. The first-order valence-corrected chi connectivity index (χ1v) is 18.8. The van der Waals surface area contributed by atoms with Gasteiger partial charge in [-0.2, -0.15) is 0 Å². The van der Waals surface area contributed by atoms with Crippen molar-refractivity contribution in [2.75, 3.05) is 18.1 Å². The molecule has 6 rings (SSSR count). The first kappa shape index (κ1) is 34.0. The zero-order valence-corrected chi connectivity index (χ0v) is 29.4. The molecule has 4 N–H and O–H groups in total. The molecule has 10 atom stereocenters. The summed E-state index contributed by atoms with van der Waals surface area (Å²) in [6.45, 7) is 10.3. The lowest BCUT2D eigenvalue weighted by Crippen LogP contribution is -2.59. The molecule has 0 saturated heterocycles. The monoisotopic (exact) mass is 644 g/mol. The minimum Gasteiger partial charge on any atom is -0.490 e. The van der Waals surface area contributed by atoms with Gasteiger partial charge in [0.05, 0.1) is 12.7 Å². The number of anilines is 2. The Morgan fingerprint density at radius 3 is 2.13 bits per heavy atom. The Bertz CT molecular complexity index is 1330. The molecule has 3 unspecified atom stereocenters. The van der Waals surface area contributed by atoms with Crippen LogP contribution in [0.1, 0.15) is 111 Å². The molecule has 4 aliphatic rings. The van der Waals surface area contributed by atoms with E-state index in [1.54, 1.807) is 0 Å². The van der Waals surface area contributed by atoms with Crippen molar-refractivity contribution in [3.05, 3.63) is 48.5 Å². The van der Waals surface area contributed by atoms with Gasteiger partial charge >= 0.3 is 5.97 Å². The van der Waals surface area contributed by atoms with Crippen molar-refractivity contribution < 1.29 is 19.0 Å². The highest BCUT2D eigenvalue weighted by Gasteiger charge is 2.63. The van der Waals surface area contributed by atoms with Crippen molar-refractivity contribution in [1.29, 1.82) is 0 Å². The number of fused-ring (bicyclic) bond motifs is 5. The summed E-state index contributed by atoms with van der Waals surface area (Å²) in [7, 11) is 0. The quantitative estimate of drug-likeness (QED) is 0.136. The van der Waals surface area contributed by atoms with E-state index >= 15 is 0 Å². The van der Waals surface area contributed by atoms with Gasteiger partial charge in [-0.3, -0.25) is 4.79 Å². The summed E-state index contributed by atoms with van der Waals surface area (Å²) in [6, 6.07) is 15.8. The molecule has 0 aromatic heterocycles. The van der Waals surface area contributed by atoms with Crippen LogP contribution >= 0.6 is 0 Å². The molecule has 258 valence electrons. The first-order valence-electron chi connectivity index (χ1n) is 18.8. The molecule has 0 radical (unpaired) electrons. The van der Waals surface area contributed by atoms with Gasteiger partial charge in [0.15, 0.2) is 0 Å². The smallest absolute Gasteiger partial charge is 0.305 e. The summed E-state index contributed by atoms with van der Waals surface area (Å²) < 4.78 is 19.1. The third-order valence-corrected chi connectivity index (χ3v) is 13.5. The predicted molar refractivity (Wildman–Crippen MR) is 190 cm³/mol. The van der Waals surface area contributed by atoms with Crippen LogP contribution in [0.3, 0.4) is 0 Å². The second-order valence-corrected chi connectivity index (χ2v) is 16.2. The second-order valence-electron chi connectivity index (χ2n) is 16.2. The molecule has 4 saturated carbocycles. The summed E-state index contributed by atoms with van der Waals surface area (Å²) in [4.78, 5) is 12.5. The molecule has 6 nitrogen and oxygen atoms in total. The third-order valence-electron chi connectivity index (χ3n) is 13.5. The van der Waals surface area contributed by atoms with Crippen LogP contribution in [0.25, 0.3) is 0 Å². The van der Waals surface area contributed by atoms with Crippen LogP contribution in [-0.2, 0) is 9.53 Å². The number of benzene rings is 2. The van der Waals surface area contributed by atoms with Crippen LogP contribution in [-0.4, -0.2) is 24.8 Å². The zero-order valence-electron chi connectivity index (χ0n) is 29.4. The van der Waals surface area contributed by atoms with Gasteiger partial charge in [0.1, 0.15) is 17.6 Å². The molecule has 2 aromatic rings. The van der Waals surface area contributed by atoms with Crippen LogP contribution in [0.5, 0.6) is 11.5 Å². The van der Waals surface area contributed by atoms with E-state index in [2.05, 4.69) is 27.7 Å². The highest BCUT2D eigenvalue weighted by atomic mass is 16.5. The molecule has 47 heavy (non-hydrogen) atoms. The van der Waals surface area contributed by atoms with Gasteiger partial charge in [-0.1, -0.05) is 40.5 Å². The summed E-state index contributed by atoms with van der Waals surface area (Å²) >= 11 is 0. The highest BCUT2D eigenvalue weighted by molar-refractivity contribution is 5.69. The van der Waals surface area contributed by atoms with E-state index in [4.69, 9.17) is 25.7 Å². The van der Waals surface area contributed by atoms with E-state index in [1.807, 2.05) is 48.5 Å². The van der Waals surface area contributed by atoms with Gasteiger partial charge in [0.2, 0.25) is 0 Å². The molecule has 4 fully saturated rings. The van der Waals surface area contributed by atoms with Gasteiger partial charge in [-0.15, -0.1) is 0 Å². The fourth-order valence-electron chi connectivity index (χ4n) is 11.1. The SMILES string of the molecule is CCCCCOC(=O)CC[C@@H](C)[C@H]1CC[C@H]2[C@@H]3CC(Oc4ccc(N)cc4)C4CC(Oc5ccc(N)cc5)CC[C@]4(C)[C@H]3CC[C@]12C. The highest BCUT2D eigenvalue weighted by Crippen LogP contribution is 2.68. The summed E-state index contributed by atoms with van der Waals surface area (Å²) in [6.07, 6.45) is 14.6. The lowest BCUT2D eigenvalue weighted by atomic mass is 9.43. The number of nitrogens with two attached hydrogens (primary N) is 2. The minimum atomic E-state index is -0.0127. The van der Waals surface area contributed by atoms with Crippen molar-refractivity contribution in [3.8, 4) is 11.5 Å². The number of nitrogen functional groups attached to an aromatic ring is 2. The number of ether oxygens (including phenoxy) is 3. The maximum absolute atomic E-state index is 12.5. The number of carbonyl (C=O) groups is 1. The van der Waals surface area contributed by atoms with Gasteiger partial charge in [-0.25, -0.2) is 0 Å². The maximum Gasteiger partial charge on any atom is 0.305 e. The molecular weight excluding hydrogens is 584 g/mol. The molecule has 4 aliphatic carbocycles. The Balaban J connectivity index is 1.18. The van der Waals surface area contributed by atoms with Crippen LogP contribution in [0, 0.1) is 46.3 Å². The standard InChI is InChI=1S/C41H60N2O4/c1-5-6-7-24-45-39(44)19-8-27(2)34-17-18-35-33-26-38(47-31-15-11-29(43)12-16-31)37-25-32(46-30-13-9-28(42)10-14-30)20-22-41(37,4)36(33)21-23-40(34,35)3/h9-16,27,32-38H,5-8,17-26,42-43H2,1-4H3/t27-,32?,33+,34-,35+,36+,37?,38?,40-,41-/m1/s1. The second kappa shape index (κ2) is 14.3. The Labute approximate surface area is 283 Å². The summed E-state index contributed by atoms with van der Waals surface area (Å²) in [5, 5.41) is 0. The van der Waals surface area contributed by atoms with Crippen LogP contribution in [0.4, 0.5) is 11.4 Å². The molecule has 6 heteroatoms. The van der Waals surface area contributed by atoms with Gasteiger partial charge in [0, 0.05) is 23.7 Å². The lowest BCUT2D eigenvalue weighted by Gasteiger charge is -2.63. The fourth-order valence-corrected chi connectivity index (χ4v) is 11.1. The number of hydrogen-bond donors (Lipinski definition) is 2. The lowest BCUT2D eigenvalue weighted by molar-refractivity contribution is -0.164. The summed E-state index contributed by atoms with van der Waals surface area (Å²) in [5.41, 5.74) is 14.1. The topological polar surface area (TPSA) is 96.8 Å². The molecule has 0 amide bonds. The first-order chi connectivity index (χ1) is 22.6. The van der Waals surface area contributed by atoms with E-state index in [0.717, 1.165) is 67.8 Å². The van der Waals surface area contributed by atoms with Gasteiger partial charge in [0.25, 0.3) is 0 Å². The molecule has 0 heterocycles. The molecule has 0 bridgehead atoms. The summed E-state index contributed by atoms with van der Waals surface area (Å²) in [5.74, 6) is 5.50. The number of unbranched alkanes of at least 4 members (excludes halogenated alkanes) is 2. The largest absolute Gasteiger partial charge is 0.490 e. The van der Waals surface area contributed by atoms with Crippen molar-refractivity contribution in [3.63, 3.8) is 0 Å². The van der Waals surface area contributed by atoms with Crippen LogP contribution < -0.4 is 20.9 Å². The normalized spacial score (nSPS) is 35.2.